The zero-order valence-corrected chi connectivity index (χ0v) is 15.5. The third kappa shape index (κ3) is 3.96. The maximum atomic E-state index is 13.8. The fraction of sp³-hybridized carbons (Fsp3) is 0.0870. The smallest absolute Gasteiger partial charge is 0.381 e. The summed E-state index contributed by atoms with van der Waals surface area (Å²) in [5.74, 6) is -1.06. The van der Waals surface area contributed by atoms with Gasteiger partial charge in [0.15, 0.2) is 0 Å². The van der Waals surface area contributed by atoms with Crippen molar-refractivity contribution in [3.05, 3.63) is 95.7 Å². The predicted octanol–water partition coefficient (Wildman–Crippen LogP) is 6.81. The Morgan fingerprint density at radius 1 is 0.867 bits per heavy atom. The first kappa shape index (κ1) is 19.8. The van der Waals surface area contributed by atoms with Crippen LogP contribution in [-0.4, -0.2) is 4.98 Å². The van der Waals surface area contributed by atoms with Gasteiger partial charge in [-0.15, -0.1) is 0 Å². The molecule has 1 heterocycles. The van der Waals surface area contributed by atoms with Gasteiger partial charge in [0.05, 0.1) is 11.1 Å². The number of hydrogen-bond acceptors (Lipinski definition) is 2. The molecular formula is C23H15F5N2. The lowest BCUT2D eigenvalue weighted by atomic mass is 9.99. The van der Waals surface area contributed by atoms with E-state index in [1.54, 1.807) is 36.4 Å². The molecule has 0 spiro atoms. The maximum Gasteiger partial charge on any atom is 0.418 e. The zero-order valence-electron chi connectivity index (χ0n) is 15.5. The van der Waals surface area contributed by atoms with E-state index < -0.39 is 23.4 Å². The lowest BCUT2D eigenvalue weighted by molar-refractivity contribution is -0.136. The highest BCUT2D eigenvalue weighted by Crippen LogP contribution is 2.37. The molecule has 152 valence electrons. The van der Waals surface area contributed by atoms with Crippen molar-refractivity contribution < 1.29 is 22.0 Å². The Hall–Kier alpha value is -3.48. The Morgan fingerprint density at radius 2 is 1.67 bits per heavy atom. The fourth-order valence-corrected chi connectivity index (χ4v) is 3.33. The molecule has 0 amide bonds. The summed E-state index contributed by atoms with van der Waals surface area (Å²) in [5.41, 5.74) is 1.14. The second kappa shape index (κ2) is 7.74. The highest BCUT2D eigenvalue weighted by atomic mass is 19.4. The number of nitrogens with one attached hydrogen (secondary N) is 1. The molecule has 1 N–H and O–H groups in total. The molecular weight excluding hydrogens is 399 g/mol. The van der Waals surface area contributed by atoms with E-state index in [2.05, 4.69) is 10.3 Å². The predicted molar refractivity (Wildman–Crippen MR) is 106 cm³/mol. The number of halogens is 5. The van der Waals surface area contributed by atoms with Gasteiger partial charge in [-0.25, -0.2) is 8.78 Å². The van der Waals surface area contributed by atoms with Crippen molar-refractivity contribution in [2.24, 2.45) is 0 Å². The quantitative estimate of drug-likeness (QED) is 0.371. The average Bonchev–Trinajstić information content (AvgIpc) is 2.73. The molecule has 4 rings (SSSR count). The van der Waals surface area contributed by atoms with E-state index in [0.29, 0.717) is 22.2 Å². The van der Waals surface area contributed by atoms with Crippen LogP contribution in [0.4, 0.5) is 27.6 Å². The first-order valence-corrected chi connectivity index (χ1v) is 9.06. The largest absolute Gasteiger partial charge is 0.418 e. The molecule has 0 radical (unpaired) electrons. The second-order valence-corrected chi connectivity index (χ2v) is 6.73. The molecule has 0 bridgehead atoms. The summed E-state index contributed by atoms with van der Waals surface area (Å²) in [7, 11) is 0. The first-order chi connectivity index (χ1) is 14.3. The number of benzene rings is 3. The van der Waals surface area contributed by atoms with E-state index in [9.17, 15) is 22.0 Å². The van der Waals surface area contributed by atoms with Crippen molar-refractivity contribution in [2.75, 3.05) is 5.32 Å². The van der Waals surface area contributed by atoms with Gasteiger partial charge in [0.25, 0.3) is 0 Å². The molecule has 30 heavy (non-hydrogen) atoms. The van der Waals surface area contributed by atoms with Crippen LogP contribution < -0.4 is 5.32 Å². The van der Waals surface area contributed by atoms with Gasteiger partial charge in [-0.3, -0.25) is 4.98 Å². The van der Waals surface area contributed by atoms with Gasteiger partial charge in [0.2, 0.25) is 0 Å². The van der Waals surface area contributed by atoms with E-state index in [0.717, 1.165) is 24.3 Å². The minimum Gasteiger partial charge on any atom is -0.381 e. The molecule has 0 saturated carbocycles. The molecule has 4 aromatic rings. The Kier molecular flexibility index (Phi) is 5.11. The van der Waals surface area contributed by atoms with Crippen LogP contribution in [0, 0.1) is 11.6 Å². The molecule has 7 heteroatoms. The van der Waals surface area contributed by atoms with Crippen molar-refractivity contribution in [3.63, 3.8) is 0 Å². The average molecular weight is 414 g/mol. The van der Waals surface area contributed by atoms with Crippen molar-refractivity contribution in [3.8, 4) is 11.1 Å². The molecule has 0 aliphatic heterocycles. The van der Waals surface area contributed by atoms with Gasteiger partial charge in [-0.2, -0.15) is 13.2 Å². The molecule has 0 saturated heterocycles. The van der Waals surface area contributed by atoms with Gasteiger partial charge < -0.3 is 5.32 Å². The Morgan fingerprint density at radius 3 is 2.47 bits per heavy atom. The van der Waals surface area contributed by atoms with E-state index in [-0.39, 0.29) is 17.6 Å². The summed E-state index contributed by atoms with van der Waals surface area (Å²) < 4.78 is 67.2. The summed E-state index contributed by atoms with van der Waals surface area (Å²) in [5, 5.41) is 3.40. The summed E-state index contributed by atoms with van der Waals surface area (Å²) in [4.78, 5) is 3.94. The summed E-state index contributed by atoms with van der Waals surface area (Å²) in [6.07, 6.45) is -3.17. The lowest BCUT2D eigenvalue weighted by Crippen LogP contribution is -2.06. The van der Waals surface area contributed by atoms with E-state index in [1.807, 2.05) is 0 Å². The van der Waals surface area contributed by atoms with Crippen LogP contribution in [0.5, 0.6) is 0 Å². The van der Waals surface area contributed by atoms with Crippen molar-refractivity contribution in [1.82, 2.24) is 4.98 Å². The fourth-order valence-electron chi connectivity index (χ4n) is 3.33. The van der Waals surface area contributed by atoms with Crippen LogP contribution in [0.25, 0.3) is 22.0 Å². The number of para-hydroxylation sites is 1. The van der Waals surface area contributed by atoms with Gasteiger partial charge in [-0.05, 0) is 53.6 Å². The van der Waals surface area contributed by atoms with Gasteiger partial charge in [0, 0.05) is 29.4 Å². The first-order valence-electron chi connectivity index (χ1n) is 9.06. The topological polar surface area (TPSA) is 24.9 Å². The summed E-state index contributed by atoms with van der Waals surface area (Å²) >= 11 is 0. The van der Waals surface area contributed by atoms with Crippen LogP contribution >= 0.6 is 0 Å². The number of aromatic nitrogens is 1. The molecule has 0 atom stereocenters. The van der Waals surface area contributed by atoms with Crippen LogP contribution in [-0.2, 0) is 12.7 Å². The standard InChI is InChI=1S/C23H15F5N2/c24-16-7-8-21(25)15(11-16)13-30-17-4-1-3-14(12-17)18-9-10-29-22-19(18)5-2-6-20(22)23(26,27)28/h1-12,30H,13H2. The molecule has 0 aliphatic carbocycles. The Balaban J connectivity index is 1.69. The van der Waals surface area contributed by atoms with Gasteiger partial charge in [0.1, 0.15) is 11.6 Å². The lowest BCUT2D eigenvalue weighted by Gasteiger charge is -2.13. The van der Waals surface area contributed by atoms with Gasteiger partial charge >= 0.3 is 6.18 Å². The molecule has 1 aromatic heterocycles. The summed E-state index contributed by atoms with van der Waals surface area (Å²) in [6.45, 7) is 0.0579. The minimum atomic E-state index is -4.51. The van der Waals surface area contributed by atoms with Crippen molar-refractivity contribution in [1.29, 1.82) is 0 Å². The molecule has 2 nitrogen and oxygen atoms in total. The maximum absolute atomic E-state index is 13.8. The SMILES string of the molecule is Fc1ccc(F)c(CNc2cccc(-c3ccnc4c(C(F)(F)F)cccc34)c2)c1. The monoisotopic (exact) mass is 414 g/mol. The number of fused-ring (bicyclic) bond motifs is 1. The van der Waals surface area contributed by atoms with E-state index in [1.165, 1.54) is 12.3 Å². The van der Waals surface area contributed by atoms with Crippen LogP contribution in [0.1, 0.15) is 11.1 Å². The van der Waals surface area contributed by atoms with Crippen LogP contribution in [0.2, 0.25) is 0 Å². The highest BCUT2D eigenvalue weighted by Gasteiger charge is 2.33. The van der Waals surface area contributed by atoms with Crippen molar-refractivity contribution in [2.45, 2.75) is 12.7 Å². The third-order valence-electron chi connectivity index (χ3n) is 4.74. The van der Waals surface area contributed by atoms with Crippen LogP contribution in [0.3, 0.4) is 0 Å². The van der Waals surface area contributed by atoms with Crippen molar-refractivity contribution >= 4 is 16.6 Å². The molecule has 3 aromatic carbocycles. The van der Waals surface area contributed by atoms with Gasteiger partial charge in [-0.1, -0.05) is 24.3 Å². The number of pyridine rings is 1. The van der Waals surface area contributed by atoms with Crippen LogP contribution in [0.15, 0.2) is 72.9 Å². The Bertz CT molecular complexity index is 1220. The highest BCUT2D eigenvalue weighted by molar-refractivity contribution is 5.96. The minimum absolute atomic E-state index is 0.0579. The Labute approximate surface area is 169 Å². The molecule has 0 fully saturated rings. The molecule has 0 unspecified atom stereocenters. The number of hydrogen-bond donors (Lipinski definition) is 1. The number of nitrogens with zero attached hydrogens (tertiary/aromatic N) is 1. The normalized spacial score (nSPS) is 11.6. The number of alkyl halides is 3. The molecule has 0 aliphatic rings. The summed E-state index contributed by atoms with van der Waals surface area (Å²) in [6, 6.07) is 15.8. The second-order valence-electron chi connectivity index (χ2n) is 6.73. The zero-order chi connectivity index (χ0) is 21.3. The van der Waals surface area contributed by atoms with E-state index >= 15 is 0 Å². The van der Waals surface area contributed by atoms with E-state index in [4.69, 9.17) is 0 Å². The third-order valence-corrected chi connectivity index (χ3v) is 4.74. The number of anilines is 1. The number of rotatable bonds is 4.